The molecule has 3 aliphatic rings. The number of fused-ring (bicyclic) bond motifs is 1. The summed E-state index contributed by atoms with van der Waals surface area (Å²) in [4.78, 5) is 28.3. The molecule has 5 heteroatoms. The fourth-order valence-corrected chi connectivity index (χ4v) is 3.37. The van der Waals surface area contributed by atoms with E-state index in [1.54, 1.807) is 0 Å². The zero-order valence-corrected chi connectivity index (χ0v) is 11.9. The highest BCUT2D eigenvalue weighted by Gasteiger charge is 2.38. The zero-order valence-electron chi connectivity index (χ0n) is 11.9. The maximum atomic E-state index is 12.7. The van der Waals surface area contributed by atoms with Crippen LogP contribution in [0.15, 0.2) is 24.3 Å². The number of para-hydroxylation sites is 2. The molecule has 0 unspecified atom stereocenters. The Kier molecular flexibility index (Phi) is 2.87. The van der Waals surface area contributed by atoms with Crippen LogP contribution < -0.4 is 15.1 Å². The van der Waals surface area contributed by atoms with Crippen molar-refractivity contribution in [3.05, 3.63) is 24.3 Å². The van der Waals surface area contributed by atoms with Gasteiger partial charge in [0.1, 0.15) is 6.04 Å². The summed E-state index contributed by atoms with van der Waals surface area (Å²) in [6.07, 6.45) is 3.57. The van der Waals surface area contributed by atoms with Gasteiger partial charge in [-0.3, -0.25) is 9.59 Å². The molecule has 1 saturated carbocycles. The molecule has 0 spiro atoms. The molecule has 1 saturated heterocycles. The Bertz CT molecular complexity index is 597. The van der Waals surface area contributed by atoms with E-state index in [0.29, 0.717) is 25.4 Å². The van der Waals surface area contributed by atoms with E-state index >= 15 is 0 Å². The van der Waals surface area contributed by atoms with Crippen LogP contribution in [-0.4, -0.2) is 37.0 Å². The Morgan fingerprint density at radius 2 is 1.86 bits per heavy atom. The Morgan fingerprint density at radius 1 is 1.10 bits per heavy atom. The van der Waals surface area contributed by atoms with Crippen molar-refractivity contribution < 1.29 is 9.59 Å². The first-order valence-electron chi connectivity index (χ1n) is 7.70. The van der Waals surface area contributed by atoms with Crippen LogP contribution in [0, 0.1) is 0 Å². The van der Waals surface area contributed by atoms with Crippen molar-refractivity contribution in [2.45, 2.75) is 37.8 Å². The van der Waals surface area contributed by atoms with E-state index in [9.17, 15) is 9.59 Å². The summed E-state index contributed by atoms with van der Waals surface area (Å²) in [6, 6.07) is 8.41. The van der Waals surface area contributed by atoms with Crippen LogP contribution in [0.2, 0.25) is 0 Å². The van der Waals surface area contributed by atoms with Crippen molar-refractivity contribution in [3.8, 4) is 0 Å². The van der Waals surface area contributed by atoms with E-state index in [4.69, 9.17) is 0 Å². The topological polar surface area (TPSA) is 52.7 Å². The minimum absolute atomic E-state index is 0.0155. The SMILES string of the molecule is O=C1CC[C@@H](C(=O)N2CCN(C3CC3)c3ccccc32)N1. The van der Waals surface area contributed by atoms with Gasteiger partial charge in [0, 0.05) is 25.6 Å². The predicted octanol–water partition coefficient (Wildman–Crippen LogP) is 1.28. The van der Waals surface area contributed by atoms with Crippen LogP contribution >= 0.6 is 0 Å². The van der Waals surface area contributed by atoms with Crippen LogP contribution in [0.5, 0.6) is 0 Å². The van der Waals surface area contributed by atoms with Crippen LogP contribution in [-0.2, 0) is 9.59 Å². The van der Waals surface area contributed by atoms with Gasteiger partial charge >= 0.3 is 0 Å². The van der Waals surface area contributed by atoms with E-state index < -0.39 is 0 Å². The lowest BCUT2D eigenvalue weighted by molar-refractivity contribution is -0.124. The summed E-state index contributed by atoms with van der Waals surface area (Å²) in [6.45, 7) is 1.59. The first-order chi connectivity index (χ1) is 10.2. The van der Waals surface area contributed by atoms with Gasteiger partial charge in [0.15, 0.2) is 0 Å². The average molecular weight is 285 g/mol. The van der Waals surface area contributed by atoms with Gasteiger partial charge in [0.05, 0.1) is 11.4 Å². The van der Waals surface area contributed by atoms with E-state index in [1.807, 2.05) is 23.1 Å². The van der Waals surface area contributed by atoms with Gasteiger partial charge in [-0.2, -0.15) is 0 Å². The van der Waals surface area contributed by atoms with Crippen molar-refractivity contribution in [3.63, 3.8) is 0 Å². The Hall–Kier alpha value is -2.04. The molecule has 1 aliphatic carbocycles. The summed E-state index contributed by atoms with van der Waals surface area (Å²) in [7, 11) is 0. The van der Waals surface area contributed by atoms with Gasteiger partial charge in [-0.05, 0) is 31.4 Å². The highest BCUT2D eigenvalue weighted by Crippen LogP contribution is 2.40. The fraction of sp³-hybridized carbons (Fsp3) is 0.500. The summed E-state index contributed by atoms with van der Waals surface area (Å²) in [5, 5.41) is 2.78. The van der Waals surface area contributed by atoms with Crippen LogP contribution in [0.1, 0.15) is 25.7 Å². The number of nitrogens with one attached hydrogen (secondary N) is 1. The van der Waals surface area contributed by atoms with Crippen LogP contribution in [0.4, 0.5) is 11.4 Å². The third-order valence-corrected chi connectivity index (χ3v) is 4.59. The molecule has 0 bridgehead atoms. The molecule has 21 heavy (non-hydrogen) atoms. The molecule has 5 nitrogen and oxygen atoms in total. The first kappa shape index (κ1) is 12.7. The molecule has 2 aliphatic heterocycles. The molecule has 110 valence electrons. The zero-order chi connectivity index (χ0) is 14.4. The second kappa shape index (κ2) is 4.76. The lowest BCUT2D eigenvalue weighted by Crippen LogP contribution is -2.50. The third kappa shape index (κ3) is 2.17. The van der Waals surface area contributed by atoms with Gasteiger partial charge in [0.2, 0.25) is 11.8 Å². The van der Waals surface area contributed by atoms with E-state index in [2.05, 4.69) is 16.3 Å². The molecule has 0 aromatic heterocycles. The van der Waals surface area contributed by atoms with Gasteiger partial charge < -0.3 is 15.1 Å². The maximum absolute atomic E-state index is 12.7. The Morgan fingerprint density at radius 3 is 2.52 bits per heavy atom. The van der Waals surface area contributed by atoms with Crippen molar-refractivity contribution in [2.75, 3.05) is 22.9 Å². The van der Waals surface area contributed by atoms with Gasteiger partial charge in [-0.1, -0.05) is 12.1 Å². The molecule has 1 aromatic rings. The highest BCUT2D eigenvalue weighted by molar-refractivity contribution is 6.03. The number of nitrogens with zero attached hydrogens (tertiary/aromatic N) is 2. The summed E-state index contributed by atoms with van der Waals surface area (Å²) < 4.78 is 0. The molecule has 2 amide bonds. The fourth-order valence-electron chi connectivity index (χ4n) is 3.37. The molecule has 1 atom stereocenters. The number of anilines is 2. The Balaban J connectivity index is 1.62. The van der Waals surface area contributed by atoms with E-state index in [0.717, 1.165) is 17.9 Å². The average Bonchev–Trinajstić information content (AvgIpc) is 3.26. The lowest BCUT2D eigenvalue weighted by Gasteiger charge is -2.38. The number of hydrogen-bond donors (Lipinski definition) is 1. The standard InChI is InChI=1S/C16H19N3O2/c20-15-8-7-12(17-15)16(21)19-10-9-18(11-5-6-11)13-3-1-2-4-14(13)19/h1-4,11-12H,5-10H2,(H,17,20)/t12-/m0/s1. The van der Waals surface area contributed by atoms with Gasteiger partial charge in [0.25, 0.3) is 0 Å². The summed E-state index contributed by atoms with van der Waals surface area (Å²) in [5.41, 5.74) is 2.14. The molecule has 2 heterocycles. The molecular formula is C16H19N3O2. The second-order valence-corrected chi connectivity index (χ2v) is 6.06. The summed E-state index contributed by atoms with van der Waals surface area (Å²) >= 11 is 0. The lowest BCUT2D eigenvalue weighted by atomic mass is 10.1. The molecule has 1 aromatic carbocycles. The number of amides is 2. The minimum atomic E-state index is -0.349. The molecule has 1 N–H and O–H groups in total. The number of carbonyl (C=O) groups excluding carboxylic acids is 2. The molecular weight excluding hydrogens is 266 g/mol. The summed E-state index contributed by atoms with van der Waals surface area (Å²) in [5.74, 6) is 0.0157. The number of carbonyl (C=O) groups is 2. The quantitative estimate of drug-likeness (QED) is 0.890. The van der Waals surface area contributed by atoms with E-state index in [-0.39, 0.29) is 17.9 Å². The maximum Gasteiger partial charge on any atom is 0.249 e. The normalized spacial score (nSPS) is 24.8. The van der Waals surface area contributed by atoms with Crippen molar-refractivity contribution in [1.82, 2.24) is 5.32 Å². The predicted molar refractivity (Wildman–Crippen MR) is 80.3 cm³/mol. The minimum Gasteiger partial charge on any atom is -0.365 e. The number of rotatable bonds is 2. The Labute approximate surface area is 123 Å². The molecule has 4 rings (SSSR count). The molecule has 2 fully saturated rings. The smallest absolute Gasteiger partial charge is 0.249 e. The monoisotopic (exact) mass is 285 g/mol. The van der Waals surface area contributed by atoms with Crippen molar-refractivity contribution in [2.24, 2.45) is 0 Å². The van der Waals surface area contributed by atoms with E-state index in [1.165, 1.54) is 12.8 Å². The highest BCUT2D eigenvalue weighted by atomic mass is 16.2. The number of hydrogen-bond acceptors (Lipinski definition) is 3. The van der Waals surface area contributed by atoms with Crippen molar-refractivity contribution in [1.29, 1.82) is 0 Å². The van der Waals surface area contributed by atoms with Crippen molar-refractivity contribution >= 4 is 23.2 Å². The van der Waals surface area contributed by atoms with Gasteiger partial charge in [-0.25, -0.2) is 0 Å². The van der Waals surface area contributed by atoms with Gasteiger partial charge in [-0.15, -0.1) is 0 Å². The first-order valence-corrected chi connectivity index (χ1v) is 7.70. The largest absolute Gasteiger partial charge is 0.365 e. The molecule has 0 radical (unpaired) electrons. The number of benzene rings is 1. The third-order valence-electron chi connectivity index (χ3n) is 4.59. The van der Waals surface area contributed by atoms with Crippen LogP contribution in [0.25, 0.3) is 0 Å². The second-order valence-electron chi connectivity index (χ2n) is 6.06. The van der Waals surface area contributed by atoms with Crippen LogP contribution in [0.3, 0.4) is 0 Å².